The largest absolute Gasteiger partial charge is 0.508 e. The highest BCUT2D eigenvalue weighted by Crippen LogP contribution is 2.60. The molecule has 0 bridgehead atoms. The van der Waals surface area contributed by atoms with Crippen LogP contribution in [0.15, 0.2) is 57.0 Å². The van der Waals surface area contributed by atoms with E-state index in [2.05, 4.69) is 22.5 Å². The number of aromatic hydroxyl groups is 1. The molecule has 0 aliphatic heterocycles. The second kappa shape index (κ2) is 6.68. The van der Waals surface area contributed by atoms with Crippen molar-refractivity contribution in [3.05, 3.63) is 62.6 Å². The lowest BCUT2D eigenvalue weighted by Gasteiger charge is -2.50. The van der Waals surface area contributed by atoms with Gasteiger partial charge in [0.15, 0.2) is 11.6 Å². The van der Waals surface area contributed by atoms with Gasteiger partial charge in [-0.05, 0) is 30.2 Å². The number of hydrogen-bond donors (Lipinski definition) is 1. The van der Waals surface area contributed by atoms with Crippen LogP contribution < -0.4 is 0 Å². The van der Waals surface area contributed by atoms with E-state index in [1.54, 1.807) is 18.2 Å². The van der Waals surface area contributed by atoms with Crippen molar-refractivity contribution in [2.24, 2.45) is 0 Å². The molecule has 0 saturated carbocycles. The SMILES string of the molecule is C=CC1=CC[C@@]2(Cl)C(=O)C(Cl)=C(Cl)C(=O)[C@@]2(Cl)[C@H]1c1cc(Br)ccc1O. The van der Waals surface area contributed by atoms with Crippen molar-refractivity contribution in [1.29, 1.82) is 0 Å². The minimum absolute atomic E-state index is 0.0321. The molecular formula is C18H11BrCl4O3. The van der Waals surface area contributed by atoms with Gasteiger partial charge in [0.2, 0.25) is 0 Å². The van der Waals surface area contributed by atoms with Gasteiger partial charge in [0, 0.05) is 16.0 Å². The molecule has 136 valence electrons. The van der Waals surface area contributed by atoms with Gasteiger partial charge in [0.25, 0.3) is 0 Å². The normalized spacial score (nSPS) is 31.6. The van der Waals surface area contributed by atoms with Gasteiger partial charge < -0.3 is 5.11 Å². The molecule has 0 aromatic heterocycles. The number of alkyl halides is 2. The summed E-state index contributed by atoms with van der Waals surface area (Å²) in [4.78, 5) is 22.1. The maximum absolute atomic E-state index is 13.1. The smallest absolute Gasteiger partial charge is 0.199 e. The number of Topliss-reactive ketones (excluding diaryl/α,β-unsaturated/α-hetero) is 2. The number of phenols is 1. The van der Waals surface area contributed by atoms with Crippen molar-refractivity contribution in [2.75, 3.05) is 0 Å². The standard InChI is InChI=1S/C18H11BrCl4O3/c1-2-8-5-6-17(22)15(25)13(20)14(21)16(26)18(17,23)12(8)10-7-9(19)3-4-11(10)24/h2-5,7,12,24H,1,6H2/t12-,17-,18+/m1/s1. The van der Waals surface area contributed by atoms with Gasteiger partial charge in [-0.15, -0.1) is 23.2 Å². The molecule has 1 N–H and O–H groups in total. The van der Waals surface area contributed by atoms with Gasteiger partial charge >= 0.3 is 0 Å². The van der Waals surface area contributed by atoms with Crippen LogP contribution in [0, 0.1) is 0 Å². The lowest BCUT2D eigenvalue weighted by atomic mass is 9.62. The maximum atomic E-state index is 13.1. The fourth-order valence-corrected chi connectivity index (χ4v) is 5.26. The average Bonchev–Trinajstić information content (AvgIpc) is 2.62. The second-order valence-corrected chi connectivity index (χ2v) is 8.96. The number of phenolic OH excluding ortho intramolecular Hbond substituents is 1. The Labute approximate surface area is 178 Å². The lowest BCUT2D eigenvalue weighted by molar-refractivity contribution is -0.127. The molecule has 2 aliphatic rings. The number of halogens is 5. The van der Waals surface area contributed by atoms with Crippen LogP contribution in [-0.2, 0) is 9.59 Å². The summed E-state index contributed by atoms with van der Waals surface area (Å²) in [6, 6.07) is 4.69. The molecule has 26 heavy (non-hydrogen) atoms. The minimum Gasteiger partial charge on any atom is -0.508 e. The fourth-order valence-electron chi connectivity index (χ4n) is 3.44. The molecule has 3 rings (SSSR count). The Morgan fingerprint density at radius 1 is 1.19 bits per heavy atom. The van der Waals surface area contributed by atoms with Crippen molar-refractivity contribution >= 4 is 73.9 Å². The summed E-state index contributed by atoms with van der Waals surface area (Å²) in [5.41, 5.74) is 0.863. The number of fused-ring (bicyclic) bond motifs is 1. The maximum Gasteiger partial charge on any atom is 0.199 e. The quantitative estimate of drug-likeness (QED) is 0.546. The average molecular weight is 497 g/mol. The zero-order valence-corrected chi connectivity index (χ0v) is 17.6. The Kier molecular flexibility index (Phi) is 5.13. The molecule has 0 unspecified atom stereocenters. The van der Waals surface area contributed by atoms with E-state index in [1.165, 1.54) is 12.1 Å². The molecule has 0 spiro atoms. The van der Waals surface area contributed by atoms with Crippen LogP contribution in [0.5, 0.6) is 5.75 Å². The summed E-state index contributed by atoms with van der Waals surface area (Å²) in [7, 11) is 0. The van der Waals surface area contributed by atoms with E-state index in [-0.39, 0.29) is 12.2 Å². The van der Waals surface area contributed by atoms with E-state index in [9.17, 15) is 14.7 Å². The summed E-state index contributed by atoms with van der Waals surface area (Å²) >= 11 is 28.7. The van der Waals surface area contributed by atoms with Crippen molar-refractivity contribution in [2.45, 2.75) is 22.1 Å². The lowest BCUT2D eigenvalue weighted by Crippen LogP contribution is -2.64. The molecule has 3 nitrogen and oxygen atoms in total. The number of ketones is 2. The van der Waals surface area contributed by atoms with Crippen molar-refractivity contribution in [3.63, 3.8) is 0 Å². The number of hydrogen-bond acceptors (Lipinski definition) is 3. The van der Waals surface area contributed by atoms with Crippen LogP contribution in [0.4, 0.5) is 0 Å². The van der Waals surface area contributed by atoms with E-state index in [0.717, 1.165) is 0 Å². The number of rotatable bonds is 2. The van der Waals surface area contributed by atoms with E-state index < -0.39 is 37.3 Å². The Morgan fingerprint density at radius 3 is 2.42 bits per heavy atom. The summed E-state index contributed by atoms with van der Waals surface area (Å²) in [6.45, 7) is 3.75. The first-order valence-electron chi connectivity index (χ1n) is 7.43. The van der Waals surface area contributed by atoms with Crippen LogP contribution >= 0.6 is 62.3 Å². The van der Waals surface area contributed by atoms with Crippen LogP contribution in [0.2, 0.25) is 0 Å². The molecule has 3 atom stereocenters. The third kappa shape index (κ3) is 2.54. The topological polar surface area (TPSA) is 54.4 Å². The first-order valence-corrected chi connectivity index (χ1v) is 9.73. The van der Waals surface area contributed by atoms with Gasteiger partial charge in [0.1, 0.15) is 25.6 Å². The number of carbonyl (C=O) groups excluding carboxylic acids is 2. The molecule has 0 saturated heterocycles. The van der Waals surface area contributed by atoms with E-state index in [1.807, 2.05) is 0 Å². The molecule has 2 aliphatic carbocycles. The van der Waals surface area contributed by atoms with Crippen molar-refractivity contribution in [3.8, 4) is 5.75 Å². The van der Waals surface area contributed by atoms with Gasteiger partial charge in [0.05, 0.1) is 0 Å². The number of benzene rings is 1. The van der Waals surface area contributed by atoms with Crippen LogP contribution in [0.1, 0.15) is 17.9 Å². The van der Waals surface area contributed by atoms with Crippen molar-refractivity contribution < 1.29 is 14.7 Å². The molecular weight excluding hydrogens is 486 g/mol. The van der Waals surface area contributed by atoms with Gasteiger partial charge in [-0.1, -0.05) is 57.9 Å². The summed E-state index contributed by atoms with van der Waals surface area (Å²) < 4.78 is 0.647. The van der Waals surface area contributed by atoms with Gasteiger partial charge in [-0.25, -0.2) is 0 Å². The van der Waals surface area contributed by atoms with Crippen molar-refractivity contribution in [1.82, 2.24) is 0 Å². The third-order valence-electron chi connectivity index (χ3n) is 4.74. The summed E-state index contributed by atoms with van der Waals surface area (Å²) in [5.74, 6) is -2.55. The zero-order valence-electron chi connectivity index (χ0n) is 13.0. The highest BCUT2D eigenvalue weighted by molar-refractivity contribution is 9.10. The fraction of sp³-hybridized carbons (Fsp3) is 0.222. The summed E-state index contributed by atoms with van der Waals surface area (Å²) in [6.07, 6.45) is 3.15. The first kappa shape index (κ1) is 20.0. The highest BCUT2D eigenvalue weighted by atomic mass is 79.9. The molecule has 0 heterocycles. The zero-order chi connectivity index (χ0) is 19.4. The number of allylic oxidation sites excluding steroid dienone is 5. The molecule has 1 aromatic rings. The minimum atomic E-state index is -1.97. The monoisotopic (exact) mass is 494 g/mol. The van der Waals surface area contributed by atoms with Gasteiger partial charge in [-0.3, -0.25) is 9.59 Å². The third-order valence-corrected chi connectivity index (χ3v) is 7.49. The molecule has 1 aromatic carbocycles. The van der Waals surface area contributed by atoms with Crippen LogP contribution in [0.25, 0.3) is 0 Å². The molecule has 8 heteroatoms. The van der Waals surface area contributed by atoms with Crippen LogP contribution in [0.3, 0.4) is 0 Å². The number of carbonyl (C=O) groups is 2. The van der Waals surface area contributed by atoms with E-state index in [4.69, 9.17) is 46.4 Å². The molecule has 0 amide bonds. The van der Waals surface area contributed by atoms with E-state index >= 15 is 0 Å². The van der Waals surface area contributed by atoms with Crippen LogP contribution in [-0.4, -0.2) is 26.4 Å². The Bertz CT molecular complexity index is 923. The Balaban J connectivity index is 2.38. The predicted octanol–water partition coefficient (Wildman–Crippen LogP) is 5.55. The Hall–Kier alpha value is -0.780. The predicted molar refractivity (Wildman–Crippen MR) is 107 cm³/mol. The van der Waals surface area contributed by atoms with E-state index in [0.29, 0.717) is 15.6 Å². The molecule has 0 fully saturated rings. The first-order chi connectivity index (χ1) is 12.1. The Morgan fingerprint density at radius 2 is 1.81 bits per heavy atom. The second-order valence-electron chi connectivity index (χ2n) is 6.05. The van der Waals surface area contributed by atoms with Gasteiger partial charge in [-0.2, -0.15) is 0 Å². The highest BCUT2D eigenvalue weighted by Gasteiger charge is 2.68. The molecule has 0 radical (unpaired) electrons. The summed E-state index contributed by atoms with van der Waals surface area (Å²) in [5, 5.41) is 9.51.